The van der Waals surface area contributed by atoms with Gasteiger partial charge in [-0.25, -0.2) is 0 Å². The van der Waals surface area contributed by atoms with Gasteiger partial charge in [0.25, 0.3) is 11.7 Å². The fourth-order valence-electron chi connectivity index (χ4n) is 4.33. The predicted molar refractivity (Wildman–Crippen MR) is 141 cm³/mol. The van der Waals surface area contributed by atoms with E-state index in [4.69, 9.17) is 25.8 Å². The van der Waals surface area contributed by atoms with E-state index in [0.717, 1.165) is 5.56 Å². The molecule has 192 valence electrons. The second-order valence-corrected chi connectivity index (χ2v) is 9.27. The smallest absolute Gasteiger partial charge is 0.295 e. The Kier molecular flexibility index (Phi) is 7.74. The number of hydrogen-bond acceptors (Lipinski definition) is 6. The van der Waals surface area contributed by atoms with Crippen molar-refractivity contribution in [1.29, 1.82) is 0 Å². The maximum atomic E-state index is 13.3. The van der Waals surface area contributed by atoms with Gasteiger partial charge in [-0.1, -0.05) is 35.9 Å². The van der Waals surface area contributed by atoms with Gasteiger partial charge < -0.3 is 24.2 Å². The van der Waals surface area contributed by atoms with Gasteiger partial charge >= 0.3 is 0 Å². The second-order valence-electron chi connectivity index (χ2n) is 8.86. The van der Waals surface area contributed by atoms with Gasteiger partial charge in [0.05, 0.1) is 37.0 Å². The number of aliphatic hydroxyl groups excluding tert-OH is 1. The van der Waals surface area contributed by atoms with Gasteiger partial charge in [0.2, 0.25) is 0 Å². The van der Waals surface area contributed by atoms with Crippen LogP contribution in [0.2, 0.25) is 5.02 Å². The number of benzene rings is 3. The third-order valence-corrected chi connectivity index (χ3v) is 6.32. The number of halogens is 1. The zero-order valence-corrected chi connectivity index (χ0v) is 21.8. The van der Waals surface area contributed by atoms with Crippen molar-refractivity contribution < 1.29 is 28.9 Å². The normalized spacial score (nSPS) is 16.8. The van der Waals surface area contributed by atoms with Crippen LogP contribution >= 0.6 is 11.6 Å². The molecule has 1 heterocycles. The summed E-state index contributed by atoms with van der Waals surface area (Å²) < 4.78 is 16.3. The van der Waals surface area contributed by atoms with Gasteiger partial charge in [0.1, 0.15) is 23.0 Å². The number of likely N-dealkylation sites (tertiary alicyclic amines) is 1. The molecule has 1 aliphatic rings. The van der Waals surface area contributed by atoms with Crippen LogP contribution in [0.25, 0.3) is 5.76 Å². The molecule has 3 aromatic rings. The van der Waals surface area contributed by atoms with Gasteiger partial charge in [-0.05, 0) is 67.4 Å². The highest BCUT2D eigenvalue weighted by Gasteiger charge is 2.46. The number of amides is 1. The topological polar surface area (TPSA) is 85.3 Å². The predicted octanol–water partition coefficient (Wildman–Crippen LogP) is 5.77. The molecule has 0 saturated carbocycles. The molecule has 0 aliphatic carbocycles. The molecule has 4 rings (SSSR count). The van der Waals surface area contributed by atoms with Crippen LogP contribution in [0.3, 0.4) is 0 Å². The van der Waals surface area contributed by atoms with Crippen molar-refractivity contribution >= 4 is 29.1 Å². The minimum absolute atomic E-state index is 0.00985. The van der Waals surface area contributed by atoms with E-state index in [1.54, 1.807) is 55.6 Å². The van der Waals surface area contributed by atoms with Crippen LogP contribution in [-0.2, 0) is 16.1 Å². The number of methoxy groups -OCH3 is 2. The molecule has 1 N–H and O–H groups in total. The van der Waals surface area contributed by atoms with Crippen LogP contribution in [0, 0.1) is 0 Å². The summed E-state index contributed by atoms with van der Waals surface area (Å²) in [5, 5.41) is 11.6. The largest absolute Gasteiger partial charge is 0.507 e. The molecular formula is C29H28ClNO6. The van der Waals surface area contributed by atoms with Crippen molar-refractivity contribution in [2.45, 2.75) is 32.5 Å². The van der Waals surface area contributed by atoms with Crippen LogP contribution in [-0.4, -0.2) is 42.0 Å². The Morgan fingerprint density at radius 2 is 1.70 bits per heavy atom. The fraction of sp³-hybridized carbons (Fsp3) is 0.241. The lowest BCUT2D eigenvalue weighted by atomic mass is 9.95. The quantitative estimate of drug-likeness (QED) is 0.230. The highest BCUT2D eigenvalue weighted by atomic mass is 35.5. The minimum atomic E-state index is -0.833. The zero-order valence-electron chi connectivity index (χ0n) is 21.0. The third kappa shape index (κ3) is 5.42. The van der Waals surface area contributed by atoms with Crippen LogP contribution in [0.5, 0.6) is 17.2 Å². The summed E-state index contributed by atoms with van der Waals surface area (Å²) in [7, 11) is 3.05. The number of aliphatic hydroxyl groups is 1. The molecule has 0 aromatic heterocycles. The first-order valence-electron chi connectivity index (χ1n) is 11.7. The summed E-state index contributed by atoms with van der Waals surface area (Å²) in [6, 6.07) is 18.3. The molecule has 1 fully saturated rings. The zero-order chi connectivity index (χ0) is 26.7. The monoisotopic (exact) mass is 521 g/mol. The Morgan fingerprint density at radius 3 is 2.32 bits per heavy atom. The van der Waals surface area contributed by atoms with Gasteiger partial charge in [-0.15, -0.1) is 0 Å². The lowest BCUT2D eigenvalue weighted by Crippen LogP contribution is -2.29. The Hall–Kier alpha value is -3.97. The number of rotatable bonds is 8. The summed E-state index contributed by atoms with van der Waals surface area (Å²) in [5.74, 6) is -0.0898. The summed E-state index contributed by atoms with van der Waals surface area (Å²) in [5.41, 5.74) is 1.71. The maximum absolute atomic E-state index is 13.3. The van der Waals surface area contributed by atoms with Crippen molar-refractivity contribution in [1.82, 2.24) is 4.90 Å². The molecule has 1 unspecified atom stereocenters. The lowest BCUT2D eigenvalue weighted by molar-refractivity contribution is -0.140. The van der Waals surface area contributed by atoms with Crippen molar-refractivity contribution in [3.63, 3.8) is 0 Å². The SMILES string of the molecule is COc1cccc(CN2C(=O)C(=O)/C(=C(\O)c3ccc(OC)c(Cl)c3)C2c2ccc(OC(C)C)cc2)c1. The molecule has 1 aliphatic heterocycles. The molecular weight excluding hydrogens is 494 g/mol. The molecule has 3 aromatic carbocycles. The maximum Gasteiger partial charge on any atom is 0.295 e. The molecule has 7 nitrogen and oxygen atoms in total. The molecule has 37 heavy (non-hydrogen) atoms. The van der Waals surface area contributed by atoms with Crippen LogP contribution in [0.4, 0.5) is 0 Å². The Bertz CT molecular complexity index is 1350. The molecule has 0 bridgehead atoms. The summed E-state index contributed by atoms with van der Waals surface area (Å²) in [4.78, 5) is 28.1. The highest BCUT2D eigenvalue weighted by Crippen LogP contribution is 2.41. The van der Waals surface area contributed by atoms with E-state index >= 15 is 0 Å². The van der Waals surface area contributed by atoms with Crippen molar-refractivity contribution in [2.24, 2.45) is 0 Å². The van der Waals surface area contributed by atoms with Gasteiger partial charge in [-0.2, -0.15) is 0 Å². The lowest BCUT2D eigenvalue weighted by Gasteiger charge is -2.26. The number of hydrogen-bond donors (Lipinski definition) is 1. The average Bonchev–Trinajstić information content (AvgIpc) is 3.13. The fourth-order valence-corrected chi connectivity index (χ4v) is 4.58. The molecule has 1 saturated heterocycles. The van der Waals surface area contributed by atoms with E-state index in [1.807, 2.05) is 26.0 Å². The molecule has 1 atom stereocenters. The van der Waals surface area contributed by atoms with E-state index in [9.17, 15) is 14.7 Å². The van der Waals surface area contributed by atoms with Gasteiger partial charge in [-0.3, -0.25) is 9.59 Å². The molecule has 0 spiro atoms. The van der Waals surface area contributed by atoms with Crippen molar-refractivity contribution in [3.05, 3.63) is 94.0 Å². The molecule has 8 heteroatoms. The standard InChI is InChI=1S/C29H28ClNO6/c1-17(2)37-21-11-8-19(9-12-21)26-25(27(32)20-10-13-24(36-4)23(30)15-20)28(33)29(34)31(26)16-18-6-5-7-22(14-18)35-3/h5-15,17,26,32H,16H2,1-4H3/b27-25-. The van der Waals surface area contributed by atoms with Crippen LogP contribution in [0.15, 0.2) is 72.3 Å². The molecule has 1 amide bonds. The Labute approximate surface area is 220 Å². The van der Waals surface area contributed by atoms with E-state index < -0.39 is 17.7 Å². The van der Waals surface area contributed by atoms with E-state index in [-0.39, 0.29) is 29.0 Å². The Morgan fingerprint density at radius 1 is 0.973 bits per heavy atom. The van der Waals surface area contributed by atoms with E-state index in [1.165, 1.54) is 18.1 Å². The first kappa shape index (κ1) is 26.1. The Balaban J connectivity index is 1.83. The van der Waals surface area contributed by atoms with Crippen molar-refractivity contribution in [3.8, 4) is 17.2 Å². The summed E-state index contributed by atoms with van der Waals surface area (Å²) in [6.45, 7) is 3.99. The van der Waals surface area contributed by atoms with E-state index in [0.29, 0.717) is 28.4 Å². The van der Waals surface area contributed by atoms with E-state index in [2.05, 4.69) is 0 Å². The number of Topliss-reactive ketones (excluding diaryl/α,β-unsaturated/α-hetero) is 1. The van der Waals surface area contributed by atoms with Gasteiger partial charge in [0, 0.05) is 12.1 Å². The molecule has 0 radical (unpaired) electrons. The minimum Gasteiger partial charge on any atom is -0.507 e. The first-order chi connectivity index (χ1) is 17.7. The number of carbonyl (C=O) groups is 2. The number of carbonyl (C=O) groups excluding carboxylic acids is 2. The number of nitrogens with zero attached hydrogens (tertiary/aromatic N) is 1. The van der Waals surface area contributed by atoms with Crippen LogP contribution in [0.1, 0.15) is 36.6 Å². The number of ether oxygens (including phenoxy) is 3. The van der Waals surface area contributed by atoms with Crippen molar-refractivity contribution in [2.75, 3.05) is 14.2 Å². The summed E-state index contributed by atoms with van der Waals surface area (Å²) >= 11 is 6.28. The summed E-state index contributed by atoms with van der Waals surface area (Å²) in [6.07, 6.45) is -0.00985. The highest BCUT2D eigenvalue weighted by molar-refractivity contribution is 6.46. The second kappa shape index (κ2) is 11.0. The average molecular weight is 522 g/mol. The number of ketones is 1. The first-order valence-corrected chi connectivity index (χ1v) is 12.1. The van der Waals surface area contributed by atoms with Crippen LogP contribution < -0.4 is 14.2 Å². The van der Waals surface area contributed by atoms with Gasteiger partial charge in [0.15, 0.2) is 0 Å². The third-order valence-electron chi connectivity index (χ3n) is 6.02.